The quantitative estimate of drug-likeness (QED) is 0.545. The van der Waals surface area contributed by atoms with Gasteiger partial charge in [-0.05, 0) is 49.4 Å². The molecule has 0 radical (unpaired) electrons. The monoisotopic (exact) mass is 397 g/mol. The van der Waals surface area contributed by atoms with Gasteiger partial charge in [-0.25, -0.2) is 0 Å². The molecule has 0 aliphatic carbocycles. The molecular weight excluding hydrogens is 385 g/mol. The van der Waals surface area contributed by atoms with Gasteiger partial charge in [-0.1, -0.05) is 35.3 Å². The van der Waals surface area contributed by atoms with Crippen molar-refractivity contribution in [3.05, 3.63) is 76.0 Å². The zero-order valence-corrected chi connectivity index (χ0v) is 15.7. The van der Waals surface area contributed by atoms with Gasteiger partial charge in [0.25, 0.3) is 5.91 Å². The summed E-state index contributed by atoms with van der Waals surface area (Å²) in [6, 6.07) is 15.9. The summed E-state index contributed by atoms with van der Waals surface area (Å²) < 4.78 is 1.69. The van der Waals surface area contributed by atoms with E-state index < -0.39 is 0 Å². The van der Waals surface area contributed by atoms with Crippen LogP contribution in [0.1, 0.15) is 16.2 Å². The minimum Gasteiger partial charge on any atom is -0.322 e. The number of benzene rings is 2. The fraction of sp³-hybridized carbons (Fsp3) is 0.0526. The van der Waals surface area contributed by atoms with E-state index in [0.717, 1.165) is 17.1 Å². The summed E-state index contributed by atoms with van der Waals surface area (Å²) in [6.45, 7) is 1.84. The first-order valence-corrected chi connectivity index (χ1v) is 8.83. The van der Waals surface area contributed by atoms with Crippen molar-refractivity contribution in [2.45, 2.75) is 6.92 Å². The second-order valence-corrected chi connectivity index (χ2v) is 6.74. The number of carbonyl (C=O) groups is 1. The smallest absolute Gasteiger partial charge is 0.257 e. The van der Waals surface area contributed by atoms with Crippen LogP contribution in [0, 0.1) is 6.92 Å². The van der Waals surface area contributed by atoms with Gasteiger partial charge >= 0.3 is 0 Å². The van der Waals surface area contributed by atoms with Gasteiger partial charge in [0.2, 0.25) is 0 Å². The van der Waals surface area contributed by atoms with Gasteiger partial charge < -0.3 is 5.32 Å². The average Bonchev–Trinajstić information content (AvgIpc) is 3.03. The molecule has 134 valence electrons. The predicted octanol–water partition coefficient (Wildman–Crippen LogP) is 4.66. The third kappa shape index (κ3) is 3.49. The number of carbonyl (C=O) groups excluding carboxylic acids is 1. The highest BCUT2D eigenvalue weighted by atomic mass is 35.5. The largest absolute Gasteiger partial charge is 0.322 e. The van der Waals surface area contributed by atoms with Gasteiger partial charge in [0.05, 0.1) is 16.3 Å². The van der Waals surface area contributed by atoms with Crippen molar-refractivity contribution in [3.8, 4) is 11.3 Å². The first-order valence-electron chi connectivity index (χ1n) is 8.07. The van der Waals surface area contributed by atoms with E-state index in [0.29, 0.717) is 26.9 Å². The van der Waals surface area contributed by atoms with Crippen molar-refractivity contribution in [3.63, 3.8) is 0 Å². The molecule has 0 atom stereocenters. The molecule has 27 heavy (non-hydrogen) atoms. The van der Waals surface area contributed by atoms with Gasteiger partial charge in [0.15, 0.2) is 11.5 Å². The number of hydrogen-bond donors (Lipinski definition) is 1. The van der Waals surface area contributed by atoms with Gasteiger partial charge in [-0.2, -0.15) is 9.61 Å². The van der Waals surface area contributed by atoms with E-state index in [1.54, 1.807) is 16.6 Å². The highest BCUT2D eigenvalue weighted by Gasteiger charge is 2.11. The number of anilines is 1. The van der Waals surface area contributed by atoms with Crippen LogP contribution in [0.3, 0.4) is 0 Å². The van der Waals surface area contributed by atoms with Crippen molar-refractivity contribution < 1.29 is 4.79 Å². The Bertz CT molecular complexity index is 1150. The number of aryl methyl sites for hydroxylation is 1. The van der Waals surface area contributed by atoms with Gasteiger partial charge in [-0.15, -0.1) is 10.2 Å². The SMILES string of the molecule is Cc1nnc2ccc(-c3ccc(NC(=O)c4ccc(Cl)cc4Cl)cc3)nn12. The molecule has 2 aromatic carbocycles. The molecule has 0 bridgehead atoms. The van der Waals surface area contributed by atoms with Crippen molar-refractivity contribution in [1.29, 1.82) is 0 Å². The zero-order chi connectivity index (χ0) is 19.0. The van der Waals surface area contributed by atoms with E-state index >= 15 is 0 Å². The van der Waals surface area contributed by atoms with Gasteiger partial charge in [0.1, 0.15) is 0 Å². The molecule has 0 spiro atoms. The van der Waals surface area contributed by atoms with Crippen LogP contribution >= 0.6 is 23.2 Å². The summed E-state index contributed by atoms with van der Waals surface area (Å²) in [5, 5.41) is 16.2. The van der Waals surface area contributed by atoms with Crippen LogP contribution in [0.4, 0.5) is 5.69 Å². The van der Waals surface area contributed by atoms with E-state index in [2.05, 4.69) is 20.6 Å². The molecule has 1 amide bonds. The number of aromatic nitrogens is 4. The summed E-state index contributed by atoms with van der Waals surface area (Å²) >= 11 is 11.9. The zero-order valence-electron chi connectivity index (χ0n) is 14.1. The van der Waals surface area contributed by atoms with E-state index in [1.807, 2.05) is 43.3 Å². The maximum atomic E-state index is 12.4. The topological polar surface area (TPSA) is 72.2 Å². The van der Waals surface area contributed by atoms with E-state index in [-0.39, 0.29) is 5.91 Å². The Labute approximate surface area is 164 Å². The molecule has 8 heteroatoms. The van der Waals surface area contributed by atoms with Crippen LogP contribution in [0.5, 0.6) is 0 Å². The molecule has 0 unspecified atom stereocenters. The Balaban J connectivity index is 1.56. The standard InChI is InChI=1S/C19H13Cl2N5O/c1-11-23-24-18-9-8-17(25-26(11)18)12-2-5-14(6-3-12)22-19(27)15-7-4-13(20)10-16(15)21/h2-10H,1H3,(H,22,27). The third-order valence-electron chi connectivity index (χ3n) is 4.03. The molecule has 4 rings (SSSR count). The van der Waals surface area contributed by atoms with Crippen molar-refractivity contribution in [1.82, 2.24) is 19.8 Å². The minimum atomic E-state index is -0.302. The molecule has 2 heterocycles. The van der Waals surface area contributed by atoms with Crippen LogP contribution in [-0.2, 0) is 0 Å². The van der Waals surface area contributed by atoms with Crippen LogP contribution < -0.4 is 5.32 Å². The molecule has 0 aliphatic rings. The lowest BCUT2D eigenvalue weighted by molar-refractivity contribution is 0.102. The van der Waals surface area contributed by atoms with Crippen molar-refractivity contribution in [2.24, 2.45) is 0 Å². The number of hydrogen-bond acceptors (Lipinski definition) is 4. The second-order valence-electron chi connectivity index (χ2n) is 5.89. The molecule has 4 aromatic rings. The van der Waals surface area contributed by atoms with Crippen LogP contribution in [0.15, 0.2) is 54.6 Å². The molecule has 0 saturated heterocycles. The molecule has 0 saturated carbocycles. The normalized spacial score (nSPS) is 10.9. The number of rotatable bonds is 3. The van der Waals surface area contributed by atoms with Crippen molar-refractivity contribution >= 4 is 40.4 Å². The predicted molar refractivity (Wildman–Crippen MR) is 105 cm³/mol. The number of halogens is 2. The number of fused-ring (bicyclic) bond motifs is 1. The molecule has 2 aromatic heterocycles. The van der Waals surface area contributed by atoms with E-state index in [4.69, 9.17) is 23.2 Å². The van der Waals surface area contributed by atoms with Crippen LogP contribution in [0.25, 0.3) is 16.9 Å². The Kier molecular flexibility index (Phi) is 4.51. The number of amides is 1. The number of nitrogens with zero attached hydrogens (tertiary/aromatic N) is 4. The van der Waals surface area contributed by atoms with Gasteiger partial charge in [0, 0.05) is 16.3 Å². The first-order chi connectivity index (χ1) is 13.0. The van der Waals surface area contributed by atoms with Crippen LogP contribution in [0.2, 0.25) is 10.0 Å². The number of nitrogens with one attached hydrogen (secondary N) is 1. The lowest BCUT2D eigenvalue weighted by Crippen LogP contribution is -2.12. The summed E-state index contributed by atoms with van der Waals surface area (Å²) in [5.41, 5.74) is 3.40. The van der Waals surface area contributed by atoms with Gasteiger partial charge in [-0.3, -0.25) is 4.79 Å². The Morgan fingerprint density at radius 3 is 2.52 bits per heavy atom. The molecule has 1 N–H and O–H groups in total. The van der Waals surface area contributed by atoms with Crippen LogP contribution in [-0.4, -0.2) is 25.7 Å². The lowest BCUT2D eigenvalue weighted by atomic mass is 10.1. The summed E-state index contributed by atoms with van der Waals surface area (Å²) in [7, 11) is 0. The first kappa shape index (κ1) is 17.5. The Hall–Kier alpha value is -2.96. The average molecular weight is 398 g/mol. The van der Waals surface area contributed by atoms with E-state index in [9.17, 15) is 4.79 Å². The summed E-state index contributed by atoms with van der Waals surface area (Å²) in [6.07, 6.45) is 0. The molecule has 6 nitrogen and oxygen atoms in total. The Morgan fingerprint density at radius 1 is 1.00 bits per heavy atom. The highest BCUT2D eigenvalue weighted by Crippen LogP contribution is 2.23. The molecule has 0 fully saturated rings. The second kappa shape index (κ2) is 6.98. The minimum absolute atomic E-state index is 0.302. The maximum absolute atomic E-state index is 12.4. The maximum Gasteiger partial charge on any atom is 0.257 e. The van der Waals surface area contributed by atoms with Crippen molar-refractivity contribution in [2.75, 3.05) is 5.32 Å². The Morgan fingerprint density at radius 2 is 1.78 bits per heavy atom. The summed E-state index contributed by atoms with van der Waals surface area (Å²) in [4.78, 5) is 12.4. The summed E-state index contributed by atoms with van der Waals surface area (Å²) in [5.74, 6) is 0.416. The lowest BCUT2D eigenvalue weighted by Gasteiger charge is -2.08. The third-order valence-corrected chi connectivity index (χ3v) is 4.58. The fourth-order valence-electron chi connectivity index (χ4n) is 2.65. The fourth-order valence-corrected chi connectivity index (χ4v) is 3.14. The highest BCUT2D eigenvalue weighted by molar-refractivity contribution is 6.37. The molecular formula is C19H13Cl2N5O. The van der Waals surface area contributed by atoms with E-state index in [1.165, 1.54) is 6.07 Å². The molecule has 0 aliphatic heterocycles.